The van der Waals surface area contributed by atoms with Crippen LogP contribution >= 0.6 is 0 Å². The molecule has 172 valence electrons. The van der Waals surface area contributed by atoms with E-state index in [-0.39, 0.29) is 36.9 Å². The van der Waals surface area contributed by atoms with Gasteiger partial charge in [-0.3, -0.25) is 9.48 Å². The van der Waals surface area contributed by atoms with Crippen molar-refractivity contribution in [3.8, 4) is 0 Å². The van der Waals surface area contributed by atoms with Crippen LogP contribution in [0, 0.1) is 17.8 Å². The molecular weight excluding hydrogens is 411 g/mol. The average Bonchev–Trinajstić information content (AvgIpc) is 3.13. The van der Waals surface area contributed by atoms with Crippen molar-refractivity contribution in [3.63, 3.8) is 0 Å². The predicted octanol–water partition coefficient (Wildman–Crippen LogP) is 3.55. The Morgan fingerprint density at radius 3 is 2.68 bits per heavy atom. The van der Waals surface area contributed by atoms with Crippen molar-refractivity contribution in [2.45, 2.75) is 76.9 Å². The van der Waals surface area contributed by atoms with E-state index in [4.69, 9.17) is 4.74 Å². The number of carbonyl (C=O) groups excluding carboxylic acids is 1. The van der Waals surface area contributed by atoms with Gasteiger partial charge in [-0.05, 0) is 63.4 Å². The molecule has 3 unspecified atom stereocenters. The van der Waals surface area contributed by atoms with Gasteiger partial charge in [-0.1, -0.05) is 13.0 Å². The molecule has 3 aliphatic rings. The highest BCUT2D eigenvalue weighted by molar-refractivity contribution is 5.96. The summed E-state index contributed by atoms with van der Waals surface area (Å²) < 4.78 is 47.7. The number of nitrogens with one attached hydrogen (secondary N) is 1. The minimum absolute atomic E-state index is 0.0467. The Morgan fingerprint density at radius 2 is 2.03 bits per heavy atom. The second-order valence-electron chi connectivity index (χ2n) is 10.3. The SMILES string of the molecule is CC1C=C2C3C[C@@](O)(C1)CC3[C@H]2NC(=O)c1cnn(CCOC(C)(C)C)c1C(F)(F)F. The van der Waals surface area contributed by atoms with E-state index in [1.165, 1.54) is 0 Å². The molecule has 1 aromatic heterocycles. The van der Waals surface area contributed by atoms with E-state index in [2.05, 4.69) is 16.5 Å². The normalized spacial score (nSPS) is 32.3. The van der Waals surface area contributed by atoms with Gasteiger partial charge >= 0.3 is 6.18 Å². The molecule has 1 aromatic rings. The molecule has 5 atom stereocenters. The fourth-order valence-electron chi connectivity index (χ4n) is 5.55. The van der Waals surface area contributed by atoms with Crippen LogP contribution in [0.2, 0.25) is 0 Å². The highest BCUT2D eigenvalue weighted by atomic mass is 19.4. The van der Waals surface area contributed by atoms with Crippen molar-refractivity contribution in [1.29, 1.82) is 0 Å². The van der Waals surface area contributed by atoms with Gasteiger partial charge in [0.15, 0.2) is 5.69 Å². The van der Waals surface area contributed by atoms with Crippen LogP contribution in [0.4, 0.5) is 13.2 Å². The molecule has 2 fully saturated rings. The van der Waals surface area contributed by atoms with Gasteiger partial charge in [-0.25, -0.2) is 0 Å². The van der Waals surface area contributed by atoms with Gasteiger partial charge in [0.05, 0.1) is 42.2 Å². The number of ether oxygens (including phenoxy) is 1. The van der Waals surface area contributed by atoms with Crippen LogP contribution in [-0.4, -0.2) is 44.6 Å². The lowest BCUT2D eigenvalue weighted by atomic mass is 9.65. The zero-order chi connectivity index (χ0) is 22.8. The van der Waals surface area contributed by atoms with E-state index >= 15 is 0 Å². The van der Waals surface area contributed by atoms with Crippen molar-refractivity contribution in [2.75, 3.05) is 6.61 Å². The number of carbonyl (C=O) groups is 1. The molecule has 0 spiro atoms. The van der Waals surface area contributed by atoms with Crippen molar-refractivity contribution < 1.29 is 27.8 Å². The fraction of sp³-hybridized carbons (Fsp3) is 0.727. The lowest BCUT2D eigenvalue weighted by Crippen LogP contribution is -2.53. The number of allylic oxidation sites excluding steroid dienone is 1. The van der Waals surface area contributed by atoms with Crippen LogP contribution in [0.3, 0.4) is 0 Å². The highest BCUT2D eigenvalue weighted by Gasteiger charge is 2.58. The second kappa shape index (κ2) is 7.33. The van der Waals surface area contributed by atoms with Crippen LogP contribution in [0.1, 0.15) is 63.0 Å². The molecule has 2 bridgehead atoms. The highest BCUT2D eigenvalue weighted by Crippen LogP contribution is 2.58. The van der Waals surface area contributed by atoms with E-state index < -0.39 is 34.5 Å². The fourth-order valence-corrected chi connectivity index (χ4v) is 5.55. The first-order valence-electron chi connectivity index (χ1n) is 10.8. The first kappa shape index (κ1) is 22.3. The Balaban J connectivity index is 1.53. The zero-order valence-corrected chi connectivity index (χ0v) is 18.3. The lowest BCUT2D eigenvalue weighted by Gasteiger charge is -2.45. The third-order valence-corrected chi connectivity index (χ3v) is 6.60. The Kier molecular flexibility index (Phi) is 5.28. The molecule has 0 aliphatic heterocycles. The third kappa shape index (κ3) is 4.26. The van der Waals surface area contributed by atoms with Crippen molar-refractivity contribution in [2.24, 2.45) is 17.8 Å². The Hall–Kier alpha value is -1.87. The molecule has 3 aliphatic carbocycles. The molecule has 31 heavy (non-hydrogen) atoms. The lowest BCUT2D eigenvalue weighted by molar-refractivity contribution is -0.145. The maximum absolute atomic E-state index is 13.8. The summed E-state index contributed by atoms with van der Waals surface area (Å²) in [6, 6.07) is -0.331. The summed E-state index contributed by atoms with van der Waals surface area (Å²) in [5, 5.41) is 17.4. The molecule has 1 heterocycles. The van der Waals surface area contributed by atoms with E-state index in [0.717, 1.165) is 16.5 Å². The third-order valence-electron chi connectivity index (χ3n) is 6.60. The van der Waals surface area contributed by atoms with Crippen molar-refractivity contribution in [1.82, 2.24) is 15.1 Å². The summed E-state index contributed by atoms with van der Waals surface area (Å²) in [6.45, 7) is 7.40. The molecule has 6 nitrogen and oxygen atoms in total. The first-order valence-corrected chi connectivity index (χ1v) is 10.8. The number of hydrogen-bond acceptors (Lipinski definition) is 4. The maximum Gasteiger partial charge on any atom is 0.433 e. The molecule has 2 saturated carbocycles. The summed E-state index contributed by atoms with van der Waals surface area (Å²) in [7, 11) is 0. The zero-order valence-electron chi connectivity index (χ0n) is 18.3. The second-order valence-corrected chi connectivity index (χ2v) is 10.3. The van der Waals surface area contributed by atoms with Gasteiger partial charge in [-0.15, -0.1) is 0 Å². The van der Waals surface area contributed by atoms with E-state index in [1.807, 2.05) is 27.7 Å². The quantitative estimate of drug-likeness (QED) is 0.686. The van der Waals surface area contributed by atoms with E-state index in [0.29, 0.717) is 19.3 Å². The summed E-state index contributed by atoms with van der Waals surface area (Å²) in [4.78, 5) is 12.9. The van der Waals surface area contributed by atoms with E-state index in [9.17, 15) is 23.1 Å². The molecule has 0 radical (unpaired) electrons. The molecule has 0 aromatic carbocycles. The molecule has 9 heteroatoms. The van der Waals surface area contributed by atoms with Gasteiger partial charge in [0.2, 0.25) is 0 Å². The number of amides is 1. The van der Waals surface area contributed by atoms with E-state index in [1.54, 1.807) is 0 Å². The Bertz CT molecular complexity index is 902. The monoisotopic (exact) mass is 441 g/mol. The van der Waals surface area contributed by atoms with Crippen LogP contribution in [0.25, 0.3) is 0 Å². The van der Waals surface area contributed by atoms with Gasteiger partial charge in [0.1, 0.15) is 0 Å². The summed E-state index contributed by atoms with van der Waals surface area (Å²) in [5.41, 5.74) is -1.74. The topological polar surface area (TPSA) is 76.4 Å². The smallest absolute Gasteiger partial charge is 0.390 e. The minimum Gasteiger partial charge on any atom is -0.390 e. The number of aromatic nitrogens is 2. The van der Waals surface area contributed by atoms with Gasteiger partial charge < -0.3 is 15.2 Å². The molecular formula is C22H30F3N3O3. The van der Waals surface area contributed by atoms with Crippen LogP contribution in [0.15, 0.2) is 17.8 Å². The summed E-state index contributed by atoms with van der Waals surface area (Å²) in [6.07, 6.45) is 0.250. The standard InChI is InChI=1S/C22H30F3N3O3/c1-12-7-13-14-9-21(30,8-12)10-15(14)17(13)27-19(29)16-11-26-28(18(16)22(23,24)25)5-6-31-20(2,3)4/h7,11-12,14-15,17,30H,5-6,8-10H2,1-4H3,(H,27,29)/t12?,14?,15?,17-,21-/m0/s1. The average molecular weight is 441 g/mol. The van der Waals surface area contributed by atoms with Crippen LogP contribution in [-0.2, 0) is 17.5 Å². The predicted molar refractivity (Wildman–Crippen MR) is 107 cm³/mol. The van der Waals surface area contributed by atoms with Gasteiger partial charge in [0, 0.05) is 0 Å². The van der Waals surface area contributed by atoms with Gasteiger partial charge in [0.25, 0.3) is 5.91 Å². The Labute approximate surface area is 179 Å². The minimum atomic E-state index is -4.72. The number of halogens is 3. The number of aliphatic hydroxyl groups is 1. The Morgan fingerprint density at radius 1 is 1.32 bits per heavy atom. The number of hydrogen-bond donors (Lipinski definition) is 2. The number of rotatable bonds is 5. The van der Waals surface area contributed by atoms with Crippen molar-refractivity contribution in [3.05, 3.63) is 29.1 Å². The van der Waals surface area contributed by atoms with Crippen LogP contribution < -0.4 is 5.32 Å². The summed E-state index contributed by atoms with van der Waals surface area (Å²) in [5.74, 6) is -0.341. The number of nitrogens with zero attached hydrogens (tertiary/aromatic N) is 2. The largest absolute Gasteiger partial charge is 0.433 e. The molecule has 4 rings (SSSR count). The van der Waals surface area contributed by atoms with Gasteiger partial charge in [-0.2, -0.15) is 18.3 Å². The molecule has 0 saturated heterocycles. The molecule has 2 N–H and O–H groups in total. The summed E-state index contributed by atoms with van der Waals surface area (Å²) >= 11 is 0. The number of alkyl halides is 3. The first-order chi connectivity index (χ1) is 14.3. The van der Waals surface area contributed by atoms with Crippen LogP contribution in [0.5, 0.6) is 0 Å². The maximum atomic E-state index is 13.8. The number of fused-ring (bicyclic) bond motifs is 1. The van der Waals surface area contributed by atoms with Crippen molar-refractivity contribution >= 4 is 5.91 Å². The molecule has 1 amide bonds.